The van der Waals surface area contributed by atoms with Gasteiger partial charge < -0.3 is 5.73 Å². The molecule has 0 saturated heterocycles. The maximum absolute atomic E-state index is 9.05. The van der Waals surface area contributed by atoms with Crippen LogP contribution in [0.2, 0.25) is 5.02 Å². The van der Waals surface area contributed by atoms with Crippen molar-refractivity contribution in [1.29, 1.82) is 0 Å². The zero-order valence-corrected chi connectivity index (χ0v) is 7.85. The summed E-state index contributed by atoms with van der Waals surface area (Å²) in [5.41, 5.74) is 5.99. The summed E-state index contributed by atoms with van der Waals surface area (Å²) in [6, 6.07) is 7.05. The lowest BCUT2D eigenvalue weighted by molar-refractivity contribution is -0.304. The number of benzene rings is 1. The molecule has 0 radical (unpaired) electrons. The Labute approximate surface area is 85.4 Å². The quantitative estimate of drug-likeness (QED) is 0.740. The molecule has 1 heterocycles. The van der Waals surface area contributed by atoms with Crippen molar-refractivity contribution in [2.45, 2.75) is 0 Å². The third-order valence-corrected chi connectivity index (χ3v) is 2.05. The van der Waals surface area contributed by atoms with Crippen LogP contribution in [0.15, 0.2) is 36.3 Å². The lowest BCUT2D eigenvalue weighted by Gasteiger charge is -2.15. The normalized spacial score (nSPS) is 16.0. The van der Waals surface area contributed by atoms with Crippen LogP contribution >= 0.6 is 11.6 Å². The lowest BCUT2D eigenvalue weighted by atomic mass is 10.3. The molecule has 0 atom stereocenters. The number of hydrogen-bond donors (Lipinski definition) is 2. The third-order valence-electron chi connectivity index (χ3n) is 1.73. The first-order chi connectivity index (χ1) is 6.68. The highest BCUT2D eigenvalue weighted by atomic mass is 35.5. The molecule has 1 aliphatic heterocycles. The van der Waals surface area contributed by atoms with E-state index in [2.05, 4.69) is 0 Å². The molecule has 0 unspecified atom stereocenters. The first-order valence-corrected chi connectivity index (χ1v) is 4.24. The fourth-order valence-corrected chi connectivity index (χ4v) is 1.29. The van der Waals surface area contributed by atoms with E-state index in [0.717, 1.165) is 0 Å². The summed E-state index contributed by atoms with van der Waals surface area (Å²) < 4.78 is 0. The number of rotatable bonds is 1. The van der Waals surface area contributed by atoms with Crippen LogP contribution in [0.5, 0.6) is 0 Å². The summed E-state index contributed by atoms with van der Waals surface area (Å²) in [6.45, 7) is 0. The van der Waals surface area contributed by atoms with Gasteiger partial charge in [0.15, 0.2) is 5.82 Å². The minimum absolute atomic E-state index is 0.0879. The van der Waals surface area contributed by atoms with Crippen molar-refractivity contribution in [2.24, 2.45) is 5.73 Å². The van der Waals surface area contributed by atoms with Gasteiger partial charge in [-0.05, 0) is 12.1 Å². The molecule has 0 spiro atoms. The molecule has 0 bridgehead atoms. The minimum atomic E-state index is 0.0879. The second-order valence-corrected chi connectivity index (χ2v) is 3.09. The Bertz CT molecular complexity index is 383. The van der Waals surface area contributed by atoms with Crippen LogP contribution in [0, 0.1) is 0 Å². The van der Waals surface area contributed by atoms with Gasteiger partial charge in [0.05, 0.1) is 16.9 Å². The van der Waals surface area contributed by atoms with E-state index in [1.165, 1.54) is 11.3 Å². The molecular formula is C8H8ClN3O2. The van der Waals surface area contributed by atoms with Gasteiger partial charge in [-0.25, -0.2) is 0 Å². The Morgan fingerprint density at radius 2 is 2.07 bits per heavy atom. The van der Waals surface area contributed by atoms with Crippen molar-refractivity contribution < 1.29 is 10.1 Å². The third kappa shape index (κ3) is 1.48. The largest absolute Gasteiger partial charge is 0.380 e. The molecule has 1 aromatic rings. The van der Waals surface area contributed by atoms with Crippen LogP contribution in [0.4, 0.5) is 5.69 Å². The average Bonchev–Trinajstić information content (AvgIpc) is 2.48. The maximum atomic E-state index is 9.05. The Balaban J connectivity index is 2.30. The summed E-state index contributed by atoms with van der Waals surface area (Å²) in [4.78, 5) is 4.86. The monoisotopic (exact) mass is 213 g/mol. The molecule has 6 heteroatoms. The molecule has 2 rings (SSSR count). The first-order valence-electron chi connectivity index (χ1n) is 3.86. The van der Waals surface area contributed by atoms with Crippen molar-refractivity contribution in [3.8, 4) is 0 Å². The molecule has 1 aromatic carbocycles. The summed E-state index contributed by atoms with van der Waals surface area (Å²) in [6.07, 6.45) is 1.42. The van der Waals surface area contributed by atoms with Crippen molar-refractivity contribution in [1.82, 2.24) is 5.23 Å². The van der Waals surface area contributed by atoms with Gasteiger partial charge in [0.2, 0.25) is 0 Å². The van der Waals surface area contributed by atoms with E-state index in [9.17, 15) is 0 Å². The number of hydroxylamine groups is 3. The molecule has 0 saturated carbocycles. The summed E-state index contributed by atoms with van der Waals surface area (Å²) in [5.74, 6) is 0.0879. The number of halogens is 1. The Hall–Kier alpha value is -1.43. The van der Waals surface area contributed by atoms with Crippen molar-refractivity contribution >= 4 is 17.3 Å². The highest BCUT2D eigenvalue weighted by Crippen LogP contribution is 2.28. The van der Waals surface area contributed by atoms with Gasteiger partial charge >= 0.3 is 0 Å². The van der Waals surface area contributed by atoms with E-state index >= 15 is 0 Å². The molecule has 1 aliphatic rings. The number of hydrogen-bond acceptors (Lipinski definition) is 5. The van der Waals surface area contributed by atoms with Gasteiger partial charge in [0.25, 0.3) is 0 Å². The molecular weight excluding hydrogens is 206 g/mol. The topological polar surface area (TPSA) is 62.0 Å². The van der Waals surface area contributed by atoms with Crippen molar-refractivity contribution in [3.63, 3.8) is 0 Å². The molecule has 0 aliphatic carbocycles. The van der Waals surface area contributed by atoms with Crippen LogP contribution in [-0.2, 0) is 4.94 Å². The van der Waals surface area contributed by atoms with Gasteiger partial charge in [0, 0.05) is 0 Å². The second kappa shape index (κ2) is 3.38. The second-order valence-electron chi connectivity index (χ2n) is 2.69. The van der Waals surface area contributed by atoms with Crippen LogP contribution in [0.25, 0.3) is 0 Å². The molecule has 0 fully saturated rings. The van der Waals surface area contributed by atoms with Gasteiger partial charge in [-0.2, -0.15) is 5.06 Å². The van der Waals surface area contributed by atoms with E-state index in [-0.39, 0.29) is 5.82 Å². The van der Waals surface area contributed by atoms with E-state index in [4.69, 9.17) is 27.5 Å². The fourth-order valence-electron chi connectivity index (χ4n) is 1.07. The first kappa shape index (κ1) is 9.14. The number of nitrogens with zero attached hydrogens (tertiary/aromatic N) is 2. The van der Waals surface area contributed by atoms with E-state index < -0.39 is 0 Å². The number of anilines is 1. The highest BCUT2D eigenvalue weighted by Gasteiger charge is 2.21. The predicted molar refractivity (Wildman–Crippen MR) is 50.9 cm³/mol. The van der Waals surface area contributed by atoms with Gasteiger partial charge in [-0.1, -0.05) is 29.0 Å². The molecule has 3 N–H and O–H groups in total. The van der Waals surface area contributed by atoms with Crippen LogP contribution in [0.1, 0.15) is 0 Å². The molecule has 5 nitrogen and oxygen atoms in total. The summed E-state index contributed by atoms with van der Waals surface area (Å²) in [5, 5.41) is 11.3. The van der Waals surface area contributed by atoms with E-state index in [0.29, 0.717) is 15.9 Å². The highest BCUT2D eigenvalue weighted by molar-refractivity contribution is 6.33. The Kier molecular flexibility index (Phi) is 2.20. The van der Waals surface area contributed by atoms with Gasteiger partial charge in [-0.3, -0.25) is 5.21 Å². The van der Waals surface area contributed by atoms with Gasteiger partial charge in [0.1, 0.15) is 0 Å². The van der Waals surface area contributed by atoms with Crippen LogP contribution in [0.3, 0.4) is 0 Å². The summed E-state index contributed by atoms with van der Waals surface area (Å²) >= 11 is 5.91. The maximum Gasteiger partial charge on any atom is 0.176 e. The summed E-state index contributed by atoms with van der Waals surface area (Å²) in [7, 11) is 0. The van der Waals surface area contributed by atoms with Crippen LogP contribution < -0.4 is 10.8 Å². The Morgan fingerprint density at radius 3 is 2.64 bits per heavy atom. The number of para-hydroxylation sites is 1. The molecule has 14 heavy (non-hydrogen) atoms. The van der Waals surface area contributed by atoms with E-state index in [1.54, 1.807) is 24.3 Å². The Morgan fingerprint density at radius 1 is 1.36 bits per heavy atom. The average molecular weight is 214 g/mol. The van der Waals surface area contributed by atoms with Crippen molar-refractivity contribution in [2.75, 3.05) is 5.06 Å². The molecule has 74 valence electrons. The van der Waals surface area contributed by atoms with Crippen LogP contribution in [-0.4, -0.2) is 10.4 Å². The smallest absolute Gasteiger partial charge is 0.176 e. The van der Waals surface area contributed by atoms with Crippen molar-refractivity contribution in [3.05, 3.63) is 41.3 Å². The van der Waals surface area contributed by atoms with E-state index in [1.807, 2.05) is 0 Å². The minimum Gasteiger partial charge on any atom is -0.380 e. The lowest BCUT2D eigenvalue weighted by Crippen LogP contribution is -2.22. The van der Waals surface area contributed by atoms with Gasteiger partial charge in [-0.15, -0.1) is 4.94 Å². The zero-order chi connectivity index (χ0) is 10.1. The predicted octanol–water partition coefficient (Wildman–Crippen LogP) is 1.46. The SMILES string of the molecule is NC1=CN(c2ccccc2Cl)ON1O. The molecule has 0 aromatic heterocycles. The zero-order valence-electron chi connectivity index (χ0n) is 7.09. The molecule has 0 amide bonds. The number of nitrogens with two attached hydrogens (primary N) is 1. The standard InChI is InChI=1S/C8H8ClN3O2/c9-6-3-1-2-4-7(6)11-5-8(10)12(13)14-11/h1-5,13H,10H2. The fraction of sp³-hybridized carbons (Fsp3) is 0.